The molecule has 0 aliphatic carbocycles. The first-order valence-electron chi connectivity index (χ1n) is 4.84. The highest BCUT2D eigenvalue weighted by Gasteiger charge is 1.98. The summed E-state index contributed by atoms with van der Waals surface area (Å²) in [7, 11) is 0. The molecule has 14 heavy (non-hydrogen) atoms. The van der Waals surface area contributed by atoms with E-state index in [1.54, 1.807) is 11.8 Å². The van der Waals surface area contributed by atoms with Gasteiger partial charge in [-0.25, -0.2) is 0 Å². The lowest BCUT2D eigenvalue weighted by molar-refractivity contribution is -0.125. The molecule has 84 valence electrons. The monoisotopic (exact) mass is 221 g/mol. The molecule has 5 heteroatoms. The topological polar surface area (TPSA) is 58.6 Å². The molecule has 0 aromatic rings. The molecule has 1 amide bonds. The molecule has 0 aliphatic heterocycles. The van der Waals surface area contributed by atoms with Gasteiger partial charge in [0.05, 0.1) is 0 Å². The zero-order chi connectivity index (χ0) is 10.6. The van der Waals surface area contributed by atoms with Crippen LogP contribution in [0.15, 0.2) is 0 Å². The molecule has 0 heterocycles. The van der Waals surface area contributed by atoms with Gasteiger partial charge in [0.25, 0.3) is 0 Å². The van der Waals surface area contributed by atoms with Crippen LogP contribution >= 0.6 is 11.8 Å². The normalized spacial score (nSPS) is 10.1. The van der Waals surface area contributed by atoms with Gasteiger partial charge in [0.15, 0.2) is 0 Å². The summed E-state index contributed by atoms with van der Waals surface area (Å²) in [6, 6.07) is 0. The standard InChI is InChI=1S/C9H19NO3S/c1-2-13-8-9(12)10-4-7-14-6-3-5-11/h11H,2-8H2,1H3,(H,10,12). The lowest BCUT2D eigenvalue weighted by Gasteiger charge is -2.04. The van der Waals surface area contributed by atoms with Crippen molar-refractivity contribution in [3.63, 3.8) is 0 Å². The Labute approximate surface area is 89.4 Å². The van der Waals surface area contributed by atoms with Crippen LogP contribution in [0.2, 0.25) is 0 Å². The van der Waals surface area contributed by atoms with Gasteiger partial charge in [-0.3, -0.25) is 4.79 Å². The highest BCUT2D eigenvalue weighted by atomic mass is 32.2. The van der Waals surface area contributed by atoms with Crippen LogP contribution in [0, 0.1) is 0 Å². The summed E-state index contributed by atoms with van der Waals surface area (Å²) < 4.78 is 4.94. The van der Waals surface area contributed by atoms with E-state index in [1.807, 2.05) is 6.92 Å². The molecule has 2 N–H and O–H groups in total. The summed E-state index contributed by atoms with van der Waals surface area (Å²) in [6.45, 7) is 3.49. The summed E-state index contributed by atoms with van der Waals surface area (Å²) in [5, 5.41) is 11.3. The first-order valence-corrected chi connectivity index (χ1v) is 5.99. The zero-order valence-electron chi connectivity index (χ0n) is 8.62. The third-order valence-corrected chi connectivity index (χ3v) is 2.52. The molecular weight excluding hydrogens is 202 g/mol. The Morgan fingerprint density at radius 2 is 2.29 bits per heavy atom. The van der Waals surface area contributed by atoms with Crippen molar-refractivity contribution in [2.75, 3.05) is 37.9 Å². The van der Waals surface area contributed by atoms with Crippen LogP contribution in [0.1, 0.15) is 13.3 Å². The van der Waals surface area contributed by atoms with E-state index in [0.29, 0.717) is 13.2 Å². The van der Waals surface area contributed by atoms with Crippen molar-refractivity contribution in [3.8, 4) is 0 Å². The minimum atomic E-state index is -0.0605. The average molecular weight is 221 g/mol. The van der Waals surface area contributed by atoms with Crippen molar-refractivity contribution in [2.45, 2.75) is 13.3 Å². The Morgan fingerprint density at radius 1 is 1.50 bits per heavy atom. The third-order valence-electron chi connectivity index (χ3n) is 1.45. The number of hydrogen-bond donors (Lipinski definition) is 2. The van der Waals surface area contributed by atoms with Crippen LogP contribution in [0.25, 0.3) is 0 Å². The van der Waals surface area contributed by atoms with Gasteiger partial charge in [-0.2, -0.15) is 11.8 Å². The Morgan fingerprint density at radius 3 is 2.93 bits per heavy atom. The van der Waals surface area contributed by atoms with Crippen molar-refractivity contribution in [3.05, 3.63) is 0 Å². The molecule has 0 spiro atoms. The zero-order valence-corrected chi connectivity index (χ0v) is 9.44. The molecule has 0 atom stereocenters. The first kappa shape index (κ1) is 13.7. The SMILES string of the molecule is CCOCC(=O)NCCSCCCO. The van der Waals surface area contributed by atoms with Gasteiger partial charge < -0.3 is 15.2 Å². The second kappa shape index (κ2) is 10.8. The number of amides is 1. The highest BCUT2D eigenvalue weighted by Crippen LogP contribution is 1.99. The molecule has 0 unspecified atom stereocenters. The van der Waals surface area contributed by atoms with E-state index in [1.165, 1.54) is 0 Å². The van der Waals surface area contributed by atoms with E-state index in [-0.39, 0.29) is 19.1 Å². The minimum Gasteiger partial charge on any atom is -0.396 e. The van der Waals surface area contributed by atoms with Gasteiger partial charge in [-0.15, -0.1) is 0 Å². The number of carbonyl (C=O) groups is 1. The molecular formula is C9H19NO3S. The second-order valence-corrected chi connectivity index (χ2v) is 3.90. The maximum atomic E-state index is 11.0. The number of hydrogen-bond acceptors (Lipinski definition) is 4. The van der Waals surface area contributed by atoms with E-state index in [0.717, 1.165) is 17.9 Å². The van der Waals surface area contributed by atoms with Crippen LogP contribution in [-0.4, -0.2) is 48.9 Å². The van der Waals surface area contributed by atoms with E-state index in [2.05, 4.69) is 5.32 Å². The highest BCUT2D eigenvalue weighted by molar-refractivity contribution is 7.99. The molecule has 0 aromatic heterocycles. The van der Waals surface area contributed by atoms with Gasteiger partial charge in [-0.1, -0.05) is 0 Å². The number of carbonyl (C=O) groups excluding carboxylic acids is 1. The molecule has 0 fully saturated rings. The summed E-state index contributed by atoms with van der Waals surface area (Å²) in [5.41, 5.74) is 0. The van der Waals surface area contributed by atoms with Crippen LogP contribution in [0.4, 0.5) is 0 Å². The van der Waals surface area contributed by atoms with Gasteiger partial charge in [-0.05, 0) is 19.1 Å². The number of aliphatic hydroxyl groups is 1. The Bertz CT molecular complexity index is 144. The number of ether oxygens (including phenoxy) is 1. The molecule has 0 rings (SSSR count). The fourth-order valence-electron chi connectivity index (χ4n) is 0.777. The van der Waals surface area contributed by atoms with E-state index < -0.39 is 0 Å². The number of thioether (sulfide) groups is 1. The van der Waals surface area contributed by atoms with Crippen molar-refractivity contribution in [1.82, 2.24) is 5.32 Å². The number of aliphatic hydroxyl groups excluding tert-OH is 1. The summed E-state index contributed by atoms with van der Waals surface area (Å²) in [4.78, 5) is 11.0. The summed E-state index contributed by atoms with van der Waals surface area (Å²) in [6.07, 6.45) is 0.817. The van der Waals surface area contributed by atoms with Crippen LogP contribution in [-0.2, 0) is 9.53 Å². The quantitative estimate of drug-likeness (QED) is 0.548. The third kappa shape index (κ3) is 9.83. The molecule has 4 nitrogen and oxygen atoms in total. The van der Waals surface area contributed by atoms with Gasteiger partial charge in [0.2, 0.25) is 5.91 Å². The maximum Gasteiger partial charge on any atom is 0.246 e. The molecule has 0 saturated heterocycles. The predicted octanol–water partition coefficient (Wildman–Crippen LogP) is 0.255. The van der Waals surface area contributed by atoms with Gasteiger partial charge in [0.1, 0.15) is 6.61 Å². The summed E-state index contributed by atoms with van der Waals surface area (Å²) >= 11 is 1.73. The lowest BCUT2D eigenvalue weighted by Crippen LogP contribution is -2.29. The maximum absolute atomic E-state index is 11.0. The molecule has 0 saturated carbocycles. The first-order chi connectivity index (χ1) is 6.81. The van der Waals surface area contributed by atoms with Crippen LogP contribution in [0.3, 0.4) is 0 Å². The molecule has 0 radical (unpaired) electrons. The Hall–Kier alpha value is -0.260. The summed E-state index contributed by atoms with van der Waals surface area (Å²) in [5.74, 6) is 1.77. The van der Waals surface area contributed by atoms with Crippen molar-refractivity contribution in [2.24, 2.45) is 0 Å². The van der Waals surface area contributed by atoms with Crippen LogP contribution < -0.4 is 5.32 Å². The predicted molar refractivity (Wildman–Crippen MR) is 58.5 cm³/mol. The fourth-order valence-corrected chi connectivity index (χ4v) is 1.56. The van der Waals surface area contributed by atoms with Gasteiger partial charge >= 0.3 is 0 Å². The van der Waals surface area contributed by atoms with Crippen molar-refractivity contribution < 1.29 is 14.6 Å². The second-order valence-electron chi connectivity index (χ2n) is 2.68. The largest absolute Gasteiger partial charge is 0.396 e. The smallest absolute Gasteiger partial charge is 0.246 e. The van der Waals surface area contributed by atoms with Crippen LogP contribution in [0.5, 0.6) is 0 Å². The van der Waals surface area contributed by atoms with E-state index >= 15 is 0 Å². The van der Waals surface area contributed by atoms with Crippen molar-refractivity contribution in [1.29, 1.82) is 0 Å². The molecule has 0 aromatic carbocycles. The van der Waals surface area contributed by atoms with E-state index in [4.69, 9.17) is 9.84 Å². The van der Waals surface area contributed by atoms with E-state index in [9.17, 15) is 4.79 Å². The molecule has 0 bridgehead atoms. The molecule has 0 aliphatic rings. The van der Waals surface area contributed by atoms with Crippen molar-refractivity contribution >= 4 is 17.7 Å². The van der Waals surface area contributed by atoms with Gasteiger partial charge in [0, 0.05) is 25.5 Å². The average Bonchev–Trinajstić information content (AvgIpc) is 2.20. The lowest BCUT2D eigenvalue weighted by atomic mass is 10.5. The minimum absolute atomic E-state index is 0.0605. The Kier molecular flexibility index (Phi) is 10.6. The fraction of sp³-hybridized carbons (Fsp3) is 0.889. The Balaban J connectivity index is 3.07. The number of rotatable bonds is 9. The number of nitrogens with one attached hydrogen (secondary N) is 1.